The maximum Gasteiger partial charge on any atom is 0.229 e. The maximum atomic E-state index is 12.3. The third kappa shape index (κ3) is 1.95. The average Bonchev–Trinajstić information content (AvgIpc) is 2.82. The number of furan rings is 1. The number of Topliss-reactive ketones (excluding diaryl/α,β-unsaturated/α-hetero) is 1. The average molecular weight is 246 g/mol. The Morgan fingerprint density at radius 1 is 1.33 bits per heavy atom. The Labute approximate surface area is 106 Å². The molecule has 18 heavy (non-hydrogen) atoms. The summed E-state index contributed by atoms with van der Waals surface area (Å²) in [7, 11) is 0. The van der Waals surface area contributed by atoms with Crippen LogP contribution >= 0.6 is 0 Å². The van der Waals surface area contributed by atoms with Crippen molar-refractivity contribution in [1.29, 1.82) is 0 Å². The van der Waals surface area contributed by atoms with Crippen LogP contribution in [0, 0.1) is 6.92 Å². The second-order valence-electron chi connectivity index (χ2n) is 4.67. The highest BCUT2D eigenvalue weighted by atomic mass is 16.4. The molecule has 0 unspecified atom stereocenters. The van der Waals surface area contributed by atoms with Crippen molar-refractivity contribution in [3.05, 3.63) is 35.6 Å². The summed E-state index contributed by atoms with van der Waals surface area (Å²) in [5.74, 6) is -0.0893. The molecule has 0 aliphatic heterocycles. The number of fused-ring (bicyclic) bond motifs is 1. The molecule has 1 aromatic carbocycles. The number of ketones is 1. The van der Waals surface area contributed by atoms with Crippen LogP contribution in [-0.2, 0) is 0 Å². The topological polar surface area (TPSA) is 50.4 Å². The van der Waals surface area contributed by atoms with E-state index >= 15 is 0 Å². The van der Waals surface area contributed by atoms with E-state index in [1.165, 1.54) is 0 Å². The van der Waals surface area contributed by atoms with E-state index in [-0.39, 0.29) is 11.5 Å². The molecule has 0 radical (unpaired) electrons. The quantitative estimate of drug-likeness (QED) is 0.840. The number of aliphatic hydroxyl groups is 1. The van der Waals surface area contributed by atoms with Crippen LogP contribution in [-0.4, -0.2) is 16.5 Å². The minimum Gasteiger partial charge on any atom is -0.453 e. The molecular weight excluding hydrogens is 228 g/mol. The van der Waals surface area contributed by atoms with Crippen LogP contribution in [0.4, 0.5) is 0 Å². The van der Waals surface area contributed by atoms with Crippen LogP contribution in [0.5, 0.6) is 0 Å². The highest BCUT2D eigenvalue weighted by molar-refractivity contribution is 6.03. The van der Waals surface area contributed by atoms with Gasteiger partial charge in [-0.25, -0.2) is 0 Å². The van der Waals surface area contributed by atoms with E-state index < -0.39 is 5.60 Å². The molecule has 0 saturated heterocycles. The summed E-state index contributed by atoms with van der Waals surface area (Å²) in [5.41, 5.74) is 0.389. The highest BCUT2D eigenvalue weighted by Crippen LogP contribution is 2.27. The summed E-state index contributed by atoms with van der Waals surface area (Å²) in [6, 6.07) is 7.47. The van der Waals surface area contributed by atoms with E-state index in [0.717, 1.165) is 16.5 Å². The van der Waals surface area contributed by atoms with Gasteiger partial charge in [0.1, 0.15) is 11.2 Å². The van der Waals surface area contributed by atoms with Gasteiger partial charge >= 0.3 is 0 Å². The van der Waals surface area contributed by atoms with Crippen molar-refractivity contribution in [2.75, 3.05) is 0 Å². The summed E-state index contributed by atoms with van der Waals surface area (Å²) in [4.78, 5) is 12.3. The van der Waals surface area contributed by atoms with Gasteiger partial charge in [-0.15, -0.1) is 0 Å². The SMILES string of the molecule is CCC(O)(CC)C(=O)c1cc2cccc(C)c2o1. The lowest BCUT2D eigenvalue weighted by molar-refractivity contribution is 0.0253. The number of benzene rings is 1. The summed E-state index contributed by atoms with van der Waals surface area (Å²) in [5, 5.41) is 11.1. The van der Waals surface area contributed by atoms with Crippen molar-refractivity contribution in [2.45, 2.75) is 39.2 Å². The third-order valence-electron chi connectivity index (χ3n) is 3.56. The van der Waals surface area contributed by atoms with Gasteiger partial charge in [0.2, 0.25) is 5.78 Å². The van der Waals surface area contributed by atoms with E-state index in [9.17, 15) is 9.90 Å². The Kier molecular flexibility index (Phi) is 3.26. The normalized spacial score (nSPS) is 12.0. The van der Waals surface area contributed by atoms with Crippen molar-refractivity contribution < 1.29 is 14.3 Å². The fourth-order valence-corrected chi connectivity index (χ4v) is 2.12. The second kappa shape index (κ2) is 4.58. The molecular formula is C15H18O3. The third-order valence-corrected chi connectivity index (χ3v) is 3.56. The Hall–Kier alpha value is -1.61. The lowest BCUT2D eigenvalue weighted by Gasteiger charge is -2.21. The monoisotopic (exact) mass is 246 g/mol. The predicted molar refractivity (Wildman–Crippen MR) is 70.8 cm³/mol. The van der Waals surface area contributed by atoms with Crippen molar-refractivity contribution in [3.8, 4) is 0 Å². The molecule has 1 heterocycles. The zero-order chi connectivity index (χ0) is 13.3. The summed E-state index contributed by atoms with van der Waals surface area (Å²) in [6.07, 6.45) is 0.775. The lowest BCUT2D eigenvalue weighted by Crippen LogP contribution is -2.36. The summed E-state index contributed by atoms with van der Waals surface area (Å²) < 4.78 is 5.60. The standard InChI is InChI=1S/C15H18O3/c1-4-15(17,5-2)14(16)12-9-11-8-6-7-10(3)13(11)18-12/h6-9,17H,4-5H2,1-3H3. The number of carbonyl (C=O) groups excluding carboxylic acids is 1. The first kappa shape index (κ1) is 12.8. The smallest absolute Gasteiger partial charge is 0.229 e. The van der Waals surface area contributed by atoms with Gasteiger partial charge < -0.3 is 9.52 Å². The summed E-state index contributed by atoms with van der Waals surface area (Å²) in [6.45, 7) is 5.54. The maximum absolute atomic E-state index is 12.3. The Morgan fingerprint density at radius 3 is 2.56 bits per heavy atom. The molecule has 96 valence electrons. The van der Waals surface area contributed by atoms with Crippen molar-refractivity contribution in [2.24, 2.45) is 0 Å². The molecule has 3 nitrogen and oxygen atoms in total. The fraction of sp³-hybridized carbons (Fsp3) is 0.400. The van der Waals surface area contributed by atoms with E-state index in [2.05, 4.69) is 0 Å². The zero-order valence-corrected chi connectivity index (χ0v) is 11.0. The molecule has 0 atom stereocenters. The van der Waals surface area contributed by atoms with Gasteiger partial charge in [0.15, 0.2) is 5.76 Å². The van der Waals surface area contributed by atoms with Gasteiger partial charge in [-0.05, 0) is 31.4 Å². The van der Waals surface area contributed by atoms with Gasteiger partial charge in [0.25, 0.3) is 0 Å². The molecule has 0 saturated carbocycles. The molecule has 0 bridgehead atoms. The molecule has 2 aromatic rings. The van der Waals surface area contributed by atoms with Crippen LogP contribution in [0.15, 0.2) is 28.7 Å². The Morgan fingerprint density at radius 2 is 2.00 bits per heavy atom. The Bertz CT molecular complexity index is 576. The van der Waals surface area contributed by atoms with Gasteiger partial charge in [-0.3, -0.25) is 4.79 Å². The number of hydrogen-bond acceptors (Lipinski definition) is 3. The van der Waals surface area contributed by atoms with E-state index in [1.54, 1.807) is 19.9 Å². The van der Waals surface area contributed by atoms with Crippen molar-refractivity contribution in [3.63, 3.8) is 0 Å². The number of aryl methyl sites for hydroxylation is 1. The van der Waals surface area contributed by atoms with Gasteiger partial charge in [0, 0.05) is 5.39 Å². The van der Waals surface area contributed by atoms with Crippen LogP contribution < -0.4 is 0 Å². The van der Waals surface area contributed by atoms with Gasteiger partial charge in [-0.1, -0.05) is 32.0 Å². The molecule has 0 aliphatic rings. The van der Waals surface area contributed by atoms with Crippen LogP contribution in [0.25, 0.3) is 11.0 Å². The van der Waals surface area contributed by atoms with Crippen molar-refractivity contribution in [1.82, 2.24) is 0 Å². The molecule has 0 aliphatic carbocycles. The molecule has 1 aromatic heterocycles. The van der Waals surface area contributed by atoms with Crippen LogP contribution in [0.2, 0.25) is 0 Å². The second-order valence-corrected chi connectivity index (χ2v) is 4.67. The number of rotatable bonds is 4. The number of hydrogen-bond donors (Lipinski definition) is 1. The first-order valence-corrected chi connectivity index (χ1v) is 6.28. The first-order valence-electron chi connectivity index (χ1n) is 6.28. The lowest BCUT2D eigenvalue weighted by atomic mass is 9.91. The minimum absolute atomic E-state index is 0.241. The molecule has 0 amide bonds. The zero-order valence-electron chi connectivity index (χ0n) is 11.0. The molecule has 0 spiro atoms. The summed E-state index contributed by atoms with van der Waals surface area (Å²) >= 11 is 0. The Balaban J connectivity index is 2.49. The fourth-order valence-electron chi connectivity index (χ4n) is 2.12. The number of para-hydroxylation sites is 1. The van der Waals surface area contributed by atoms with Gasteiger partial charge in [0.05, 0.1) is 0 Å². The van der Waals surface area contributed by atoms with Gasteiger partial charge in [-0.2, -0.15) is 0 Å². The van der Waals surface area contributed by atoms with E-state index in [1.807, 2.05) is 25.1 Å². The molecule has 1 N–H and O–H groups in total. The van der Waals surface area contributed by atoms with Crippen LogP contribution in [0.1, 0.15) is 42.8 Å². The molecule has 3 heteroatoms. The van der Waals surface area contributed by atoms with E-state index in [4.69, 9.17) is 4.42 Å². The van der Waals surface area contributed by atoms with Crippen LogP contribution in [0.3, 0.4) is 0 Å². The highest BCUT2D eigenvalue weighted by Gasteiger charge is 2.34. The first-order chi connectivity index (χ1) is 8.51. The number of carbonyl (C=O) groups is 1. The molecule has 0 fully saturated rings. The predicted octanol–water partition coefficient (Wildman–Crippen LogP) is 3.48. The minimum atomic E-state index is -1.32. The largest absolute Gasteiger partial charge is 0.453 e. The molecule has 2 rings (SSSR count). The van der Waals surface area contributed by atoms with E-state index in [0.29, 0.717) is 12.8 Å². The van der Waals surface area contributed by atoms with Crippen molar-refractivity contribution >= 4 is 16.8 Å².